The van der Waals surface area contributed by atoms with E-state index in [1.54, 1.807) is 26.0 Å². The first-order chi connectivity index (χ1) is 17.3. The van der Waals surface area contributed by atoms with E-state index in [1.807, 2.05) is 0 Å². The maximum Gasteiger partial charge on any atom is 0.201 e. The van der Waals surface area contributed by atoms with Gasteiger partial charge in [-0.15, -0.1) is 0 Å². The second kappa shape index (κ2) is 10.2. The molecule has 36 heavy (non-hydrogen) atoms. The van der Waals surface area contributed by atoms with Crippen LogP contribution in [0.5, 0.6) is 5.75 Å². The van der Waals surface area contributed by atoms with Crippen LogP contribution in [-0.4, -0.2) is 16.6 Å². The van der Waals surface area contributed by atoms with Gasteiger partial charge in [-0.2, -0.15) is 4.39 Å². The highest BCUT2D eigenvalue weighted by Crippen LogP contribution is 2.37. The lowest BCUT2D eigenvalue weighted by Gasteiger charge is -2.13. The van der Waals surface area contributed by atoms with Crippen molar-refractivity contribution in [2.24, 2.45) is 0 Å². The molecule has 0 radical (unpaired) electrons. The van der Waals surface area contributed by atoms with Crippen LogP contribution in [0.15, 0.2) is 54.9 Å². The molecule has 0 unspecified atom stereocenters. The van der Waals surface area contributed by atoms with Crippen molar-refractivity contribution in [3.05, 3.63) is 95.3 Å². The van der Waals surface area contributed by atoms with E-state index in [9.17, 15) is 26.3 Å². The van der Waals surface area contributed by atoms with Crippen molar-refractivity contribution in [1.29, 1.82) is 0 Å². The van der Waals surface area contributed by atoms with Gasteiger partial charge in [0.15, 0.2) is 40.7 Å². The maximum absolute atomic E-state index is 15.0. The highest BCUT2D eigenvalue weighted by atomic mass is 19.2. The van der Waals surface area contributed by atoms with Crippen LogP contribution in [0.4, 0.5) is 26.3 Å². The maximum atomic E-state index is 15.0. The van der Waals surface area contributed by atoms with Gasteiger partial charge in [-0.05, 0) is 32.0 Å². The van der Waals surface area contributed by atoms with Gasteiger partial charge in [-0.1, -0.05) is 30.4 Å². The first-order valence-electron chi connectivity index (χ1n) is 10.8. The van der Waals surface area contributed by atoms with Crippen LogP contribution in [0.3, 0.4) is 0 Å². The SMILES string of the molecule is CC=Cc1cnc(-c2ccc(-c3ccc(-c4ccc(OCC)c(F)c4F)c(F)c3F)c(F)c2F)nc1. The zero-order chi connectivity index (χ0) is 26.0. The van der Waals surface area contributed by atoms with E-state index in [0.717, 1.165) is 36.4 Å². The standard InChI is InChI=1S/C27H18F6N2O/c1-3-5-14-12-34-27(35-13-14)19-9-8-17(23(30)25(19)32)15-6-7-16(22(29)21(15)28)18-10-11-20(36-4-2)26(33)24(18)31/h3,5-13H,4H2,1-2H3. The largest absolute Gasteiger partial charge is 0.491 e. The van der Waals surface area contributed by atoms with E-state index in [1.165, 1.54) is 12.4 Å². The molecule has 184 valence electrons. The van der Waals surface area contributed by atoms with Crippen molar-refractivity contribution in [2.45, 2.75) is 13.8 Å². The monoisotopic (exact) mass is 500 g/mol. The summed E-state index contributed by atoms with van der Waals surface area (Å²) in [6.45, 7) is 3.44. The van der Waals surface area contributed by atoms with Gasteiger partial charge in [0.2, 0.25) is 5.82 Å². The number of halogens is 6. The molecule has 4 aromatic rings. The van der Waals surface area contributed by atoms with Gasteiger partial charge in [-0.25, -0.2) is 31.9 Å². The van der Waals surface area contributed by atoms with Gasteiger partial charge < -0.3 is 4.74 Å². The van der Waals surface area contributed by atoms with Crippen LogP contribution in [0, 0.1) is 34.9 Å². The molecule has 4 rings (SSSR count). The lowest BCUT2D eigenvalue weighted by Crippen LogP contribution is -2.02. The zero-order valence-electron chi connectivity index (χ0n) is 19.1. The molecule has 1 aromatic heterocycles. The Hall–Kier alpha value is -4.14. The molecule has 0 bridgehead atoms. The van der Waals surface area contributed by atoms with Gasteiger partial charge in [0.1, 0.15) is 0 Å². The van der Waals surface area contributed by atoms with Crippen molar-refractivity contribution >= 4 is 6.08 Å². The summed E-state index contributed by atoms with van der Waals surface area (Å²) >= 11 is 0. The van der Waals surface area contributed by atoms with Crippen molar-refractivity contribution < 1.29 is 31.1 Å². The van der Waals surface area contributed by atoms with Crippen LogP contribution < -0.4 is 4.74 Å². The van der Waals surface area contributed by atoms with Crippen molar-refractivity contribution in [3.8, 4) is 39.4 Å². The predicted octanol–water partition coefficient (Wildman–Crippen LogP) is 7.74. The Balaban J connectivity index is 1.75. The summed E-state index contributed by atoms with van der Waals surface area (Å²) in [4.78, 5) is 8.01. The smallest absolute Gasteiger partial charge is 0.201 e. The first-order valence-corrected chi connectivity index (χ1v) is 10.8. The molecule has 0 N–H and O–H groups in total. The minimum Gasteiger partial charge on any atom is -0.491 e. The van der Waals surface area contributed by atoms with E-state index >= 15 is 0 Å². The molecule has 0 fully saturated rings. The van der Waals surface area contributed by atoms with E-state index in [4.69, 9.17) is 4.74 Å². The third-order valence-corrected chi connectivity index (χ3v) is 5.36. The molecule has 0 saturated carbocycles. The number of rotatable bonds is 6. The molecule has 0 aliphatic rings. The summed E-state index contributed by atoms with van der Waals surface area (Å²) in [5, 5.41) is 0. The van der Waals surface area contributed by atoms with Gasteiger partial charge in [-0.3, -0.25) is 0 Å². The van der Waals surface area contributed by atoms with Crippen molar-refractivity contribution in [1.82, 2.24) is 9.97 Å². The molecule has 0 aliphatic heterocycles. The molecular formula is C27H18F6N2O. The molecule has 9 heteroatoms. The van der Waals surface area contributed by atoms with E-state index in [2.05, 4.69) is 9.97 Å². The number of aromatic nitrogens is 2. The van der Waals surface area contributed by atoms with E-state index < -0.39 is 57.2 Å². The normalized spacial score (nSPS) is 11.3. The van der Waals surface area contributed by atoms with Gasteiger partial charge in [0.25, 0.3) is 0 Å². The fraction of sp³-hybridized carbons (Fsp3) is 0.111. The summed E-state index contributed by atoms with van der Waals surface area (Å²) < 4.78 is 93.4. The molecule has 0 aliphatic carbocycles. The highest BCUT2D eigenvalue weighted by molar-refractivity contribution is 5.74. The summed E-state index contributed by atoms with van der Waals surface area (Å²) in [5.41, 5.74) is -1.94. The fourth-order valence-electron chi connectivity index (χ4n) is 3.66. The molecule has 0 spiro atoms. The van der Waals surface area contributed by atoms with Gasteiger partial charge in [0.05, 0.1) is 12.2 Å². The zero-order valence-corrected chi connectivity index (χ0v) is 19.1. The van der Waals surface area contributed by atoms with Crippen molar-refractivity contribution in [3.63, 3.8) is 0 Å². The van der Waals surface area contributed by atoms with E-state index in [-0.39, 0.29) is 23.7 Å². The average molecular weight is 500 g/mol. The van der Waals surface area contributed by atoms with Crippen LogP contribution in [0.25, 0.3) is 39.7 Å². The Morgan fingerprint density at radius 1 is 0.639 bits per heavy atom. The number of benzene rings is 3. The number of ether oxygens (including phenoxy) is 1. The molecule has 0 amide bonds. The summed E-state index contributed by atoms with van der Waals surface area (Å²) in [5.74, 6) is -9.18. The molecule has 0 saturated heterocycles. The topological polar surface area (TPSA) is 35.0 Å². The fourth-order valence-corrected chi connectivity index (χ4v) is 3.66. The van der Waals surface area contributed by atoms with E-state index in [0.29, 0.717) is 5.56 Å². The third-order valence-electron chi connectivity index (χ3n) is 5.36. The number of nitrogens with zero attached hydrogens (tertiary/aromatic N) is 2. The summed E-state index contributed by atoms with van der Waals surface area (Å²) in [6.07, 6.45) is 6.32. The Bertz CT molecular complexity index is 1470. The molecule has 3 nitrogen and oxygen atoms in total. The highest BCUT2D eigenvalue weighted by Gasteiger charge is 2.24. The quantitative estimate of drug-likeness (QED) is 0.254. The second-order valence-electron chi connectivity index (χ2n) is 7.59. The number of hydrogen-bond donors (Lipinski definition) is 0. The minimum absolute atomic E-state index is 0.0714. The Labute approximate surface area is 202 Å². The Kier molecular flexibility index (Phi) is 7.10. The van der Waals surface area contributed by atoms with Crippen LogP contribution in [0.1, 0.15) is 19.4 Å². The minimum atomic E-state index is -1.56. The van der Waals surface area contributed by atoms with Crippen LogP contribution >= 0.6 is 0 Å². The third kappa shape index (κ3) is 4.44. The lowest BCUT2D eigenvalue weighted by molar-refractivity contribution is 0.314. The van der Waals surface area contributed by atoms with Crippen molar-refractivity contribution in [2.75, 3.05) is 6.61 Å². The molecule has 1 heterocycles. The molecule has 0 atom stereocenters. The molecular weight excluding hydrogens is 482 g/mol. The lowest BCUT2D eigenvalue weighted by atomic mass is 9.97. The van der Waals surface area contributed by atoms with Gasteiger partial charge >= 0.3 is 0 Å². The average Bonchev–Trinajstić information content (AvgIpc) is 2.87. The van der Waals surface area contributed by atoms with Crippen LogP contribution in [-0.2, 0) is 0 Å². The first kappa shape index (κ1) is 25.0. The predicted molar refractivity (Wildman–Crippen MR) is 124 cm³/mol. The van der Waals surface area contributed by atoms with Crippen LogP contribution in [0.2, 0.25) is 0 Å². The molecule has 3 aromatic carbocycles. The summed E-state index contributed by atoms with van der Waals surface area (Å²) in [7, 11) is 0. The Morgan fingerprint density at radius 2 is 1.06 bits per heavy atom. The summed E-state index contributed by atoms with van der Waals surface area (Å²) in [6, 6.07) is 6.25. The number of allylic oxidation sites excluding steroid dienone is 1. The number of hydrogen-bond acceptors (Lipinski definition) is 3. The Morgan fingerprint density at radius 3 is 1.53 bits per heavy atom. The van der Waals surface area contributed by atoms with Gasteiger partial charge in [0, 0.05) is 40.2 Å². The second-order valence-corrected chi connectivity index (χ2v) is 7.59.